The van der Waals surface area contributed by atoms with Gasteiger partial charge in [-0.05, 0) is 64.0 Å². The number of carbonyl (C=O) groups is 2. The Labute approximate surface area is 157 Å². The van der Waals surface area contributed by atoms with Gasteiger partial charge in [-0.25, -0.2) is 4.79 Å². The van der Waals surface area contributed by atoms with Crippen LogP contribution in [-0.2, 0) is 16.0 Å². The number of nitrogens with one attached hydrogen (secondary N) is 1. The van der Waals surface area contributed by atoms with Crippen LogP contribution < -0.4 is 5.32 Å². The van der Waals surface area contributed by atoms with Crippen molar-refractivity contribution in [1.29, 1.82) is 0 Å². The fraction of sp³-hybridized carbons (Fsp3) is 0.619. The number of hydrogen-bond donors (Lipinski definition) is 1. The summed E-state index contributed by atoms with van der Waals surface area (Å²) in [4.78, 5) is 25.1. The predicted octanol–water partition coefficient (Wildman–Crippen LogP) is 3.87. The van der Waals surface area contributed by atoms with Gasteiger partial charge in [0.15, 0.2) is 0 Å². The van der Waals surface area contributed by atoms with Crippen LogP contribution >= 0.6 is 0 Å². The highest BCUT2D eigenvalue weighted by molar-refractivity contribution is 5.73. The fourth-order valence-corrected chi connectivity index (χ4v) is 3.40. The second kappa shape index (κ2) is 8.56. The molecule has 0 spiro atoms. The first-order valence-electron chi connectivity index (χ1n) is 9.48. The number of amides is 2. The van der Waals surface area contributed by atoms with E-state index in [1.54, 1.807) is 6.92 Å². The second-order valence-electron chi connectivity index (χ2n) is 8.29. The molecule has 0 bridgehead atoms. The number of hydrogen-bond acceptors (Lipinski definition) is 3. The van der Waals surface area contributed by atoms with E-state index >= 15 is 0 Å². The average Bonchev–Trinajstić information content (AvgIpc) is 2.53. The van der Waals surface area contributed by atoms with Gasteiger partial charge in [0, 0.05) is 26.1 Å². The van der Waals surface area contributed by atoms with Crippen molar-refractivity contribution in [2.24, 2.45) is 0 Å². The molecule has 2 rings (SSSR count). The third-order valence-corrected chi connectivity index (χ3v) is 4.59. The number of benzene rings is 1. The Hall–Kier alpha value is -2.04. The molecule has 26 heavy (non-hydrogen) atoms. The topological polar surface area (TPSA) is 58.6 Å². The van der Waals surface area contributed by atoms with Crippen molar-refractivity contribution in [3.63, 3.8) is 0 Å². The second-order valence-corrected chi connectivity index (χ2v) is 8.29. The van der Waals surface area contributed by atoms with E-state index in [-0.39, 0.29) is 18.0 Å². The van der Waals surface area contributed by atoms with Crippen LogP contribution in [0.5, 0.6) is 0 Å². The molecular weight excluding hydrogens is 328 g/mol. The third-order valence-electron chi connectivity index (χ3n) is 4.59. The Morgan fingerprint density at radius 2 is 1.77 bits per heavy atom. The summed E-state index contributed by atoms with van der Waals surface area (Å²) in [5, 5.41) is 2.91. The zero-order chi connectivity index (χ0) is 19.3. The maximum absolute atomic E-state index is 12.2. The molecule has 5 nitrogen and oxygen atoms in total. The highest BCUT2D eigenvalue weighted by Crippen LogP contribution is 2.29. The first kappa shape index (κ1) is 20.3. The van der Waals surface area contributed by atoms with E-state index in [0.717, 1.165) is 32.4 Å². The molecular formula is C21H32N2O3. The van der Waals surface area contributed by atoms with Gasteiger partial charge in [0.05, 0.1) is 0 Å². The minimum absolute atomic E-state index is 0.00543. The molecule has 0 radical (unpaired) electrons. The maximum Gasteiger partial charge on any atom is 0.410 e. The Morgan fingerprint density at radius 3 is 2.27 bits per heavy atom. The first-order valence-corrected chi connectivity index (χ1v) is 9.48. The Morgan fingerprint density at radius 1 is 1.19 bits per heavy atom. The summed E-state index contributed by atoms with van der Waals surface area (Å²) < 4.78 is 5.46. The quantitative estimate of drug-likeness (QED) is 0.887. The molecule has 1 heterocycles. The van der Waals surface area contributed by atoms with Crippen LogP contribution in [-0.4, -0.2) is 41.6 Å². The molecule has 1 unspecified atom stereocenters. The Balaban J connectivity index is 1.85. The van der Waals surface area contributed by atoms with Crippen LogP contribution in [0.3, 0.4) is 0 Å². The van der Waals surface area contributed by atoms with Gasteiger partial charge in [-0.2, -0.15) is 0 Å². The van der Waals surface area contributed by atoms with Crippen molar-refractivity contribution < 1.29 is 14.3 Å². The van der Waals surface area contributed by atoms with Crippen LogP contribution in [0, 0.1) is 0 Å². The number of likely N-dealkylation sites (tertiary alicyclic amines) is 1. The van der Waals surface area contributed by atoms with Gasteiger partial charge < -0.3 is 15.0 Å². The lowest BCUT2D eigenvalue weighted by molar-refractivity contribution is -0.119. The minimum Gasteiger partial charge on any atom is -0.444 e. The largest absolute Gasteiger partial charge is 0.444 e. The summed E-state index contributed by atoms with van der Waals surface area (Å²) in [6.45, 7) is 10.7. The van der Waals surface area contributed by atoms with Crippen molar-refractivity contribution in [1.82, 2.24) is 10.2 Å². The fourth-order valence-electron chi connectivity index (χ4n) is 3.40. The van der Waals surface area contributed by atoms with E-state index in [1.807, 2.05) is 32.6 Å². The first-order chi connectivity index (χ1) is 12.1. The van der Waals surface area contributed by atoms with E-state index in [9.17, 15) is 9.59 Å². The van der Waals surface area contributed by atoms with Gasteiger partial charge >= 0.3 is 6.09 Å². The Bertz CT molecular complexity index is 611. The van der Waals surface area contributed by atoms with Crippen LogP contribution in [0.1, 0.15) is 64.5 Å². The number of nitrogens with zero attached hydrogens (tertiary/aromatic N) is 1. The molecule has 1 aromatic carbocycles. The van der Waals surface area contributed by atoms with E-state index < -0.39 is 5.60 Å². The molecule has 0 saturated carbocycles. The maximum atomic E-state index is 12.2. The van der Waals surface area contributed by atoms with Gasteiger partial charge in [-0.3, -0.25) is 4.79 Å². The molecule has 1 fully saturated rings. The smallest absolute Gasteiger partial charge is 0.410 e. The van der Waals surface area contributed by atoms with Crippen LogP contribution in [0.15, 0.2) is 24.3 Å². The zero-order valence-corrected chi connectivity index (χ0v) is 16.7. The highest BCUT2D eigenvalue weighted by atomic mass is 16.6. The summed E-state index contributed by atoms with van der Waals surface area (Å²) in [5.41, 5.74) is 2.10. The van der Waals surface area contributed by atoms with Gasteiger partial charge in [-0.1, -0.05) is 24.3 Å². The van der Waals surface area contributed by atoms with E-state index in [2.05, 4.69) is 29.6 Å². The standard InChI is InChI=1S/C21H32N2O3/c1-15(22-16(2)24)14-17-6-8-18(9-7-17)19-10-12-23(13-11-19)20(25)26-21(3,4)5/h6-9,15,19H,10-14H2,1-5H3,(H,22,24). The monoisotopic (exact) mass is 360 g/mol. The lowest BCUT2D eigenvalue weighted by Crippen LogP contribution is -2.41. The molecule has 1 aliphatic rings. The van der Waals surface area contributed by atoms with Gasteiger partial charge in [0.2, 0.25) is 5.91 Å². The van der Waals surface area contributed by atoms with Gasteiger partial charge in [0.1, 0.15) is 5.60 Å². The summed E-state index contributed by atoms with van der Waals surface area (Å²) in [7, 11) is 0. The number of ether oxygens (including phenoxy) is 1. The SMILES string of the molecule is CC(=O)NC(C)Cc1ccc(C2CCN(C(=O)OC(C)(C)C)CC2)cc1. The van der Waals surface area contributed by atoms with E-state index in [0.29, 0.717) is 5.92 Å². The van der Waals surface area contributed by atoms with Crippen LogP contribution in [0.2, 0.25) is 0 Å². The molecule has 1 aromatic rings. The van der Waals surface area contributed by atoms with Crippen molar-refractivity contribution in [2.45, 2.75) is 71.4 Å². The van der Waals surface area contributed by atoms with E-state index in [1.165, 1.54) is 11.1 Å². The molecule has 144 valence electrons. The summed E-state index contributed by atoms with van der Waals surface area (Å²) >= 11 is 0. The molecule has 1 atom stereocenters. The van der Waals surface area contributed by atoms with Crippen molar-refractivity contribution in [3.8, 4) is 0 Å². The summed E-state index contributed by atoms with van der Waals surface area (Å²) in [6, 6.07) is 8.80. The molecule has 5 heteroatoms. The summed E-state index contributed by atoms with van der Waals surface area (Å²) in [6.07, 6.45) is 2.54. The summed E-state index contributed by atoms with van der Waals surface area (Å²) in [5.74, 6) is 0.487. The molecule has 1 aliphatic heterocycles. The molecule has 1 N–H and O–H groups in total. The number of piperidine rings is 1. The predicted molar refractivity (Wildman–Crippen MR) is 103 cm³/mol. The number of carbonyl (C=O) groups excluding carboxylic acids is 2. The minimum atomic E-state index is -0.446. The number of rotatable bonds is 4. The zero-order valence-electron chi connectivity index (χ0n) is 16.7. The molecule has 0 aliphatic carbocycles. The molecule has 1 saturated heterocycles. The van der Waals surface area contributed by atoms with Crippen molar-refractivity contribution in [2.75, 3.05) is 13.1 Å². The third kappa shape index (κ3) is 6.36. The van der Waals surface area contributed by atoms with Crippen molar-refractivity contribution >= 4 is 12.0 Å². The van der Waals surface area contributed by atoms with Gasteiger partial charge in [-0.15, -0.1) is 0 Å². The lowest BCUT2D eigenvalue weighted by atomic mass is 9.89. The lowest BCUT2D eigenvalue weighted by Gasteiger charge is -2.33. The van der Waals surface area contributed by atoms with Crippen molar-refractivity contribution in [3.05, 3.63) is 35.4 Å². The normalized spacial score (nSPS) is 16.9. The van der Waals surface area contributed by atoms with E-state index in [4.69, 9.17) is 4.74 Å². The van der Waals surface area contributed by atoms with Crippen LogP contribution in [0.4, 0.5) is 4.79 Å². The molecule has 2 amide bonds. The van der Waals surface area contributed by atoms with Gasteiger partial charge in [0.25, 0.3) is 0 Å². The highest BCUT2D eigenvalue weighted by Gasteiger charge is 2.27. The molecule has 0 aromatic heterocycles. The average molecular weight is 360 g/mol. The Kier molecular flexibility index (Phi) is 6.68. The van der Waals surface area contributed by atoms with Crippen LogP contribution in [0.25, 0.3) is 0 Å².